The normalized spacial score (nSPS) is 10.4. The van der Waals surface area contributed by atoms with E-state index in [-0.39, 0.29) is 5.91 Å². The van der Waals surface area contributed by atoms with Crippen molar-refractivity contribution in [3.63, 3.8) is 0 Å². The molecule has 0 saturated heterocycles. The molecule has 1 amide bonds. The summed E-state index contributed by atoms with van der Waals surface area (Å²) in [5.74, 6) is -0.0376. The molecule has 3 rings (SSSR count). The number of hydrogen-bond donors (Lipinski definition) is 0. The molecule has 2 aromatic heterocycles. The maximum atomic E-state index is 13.2. The largest absolute Gasteiger partial charge is 0.302 e. The molecule has 0 atom stereocenters. The van der Waals surface area contributed by atoms with Gasteiger partial charge in [0, 0.05) is 29.8 Å². The summed E-state index contributed by atoms with van der Waals surface area (Å²) in [4.78, 5) is 23.3. The lowest BCUT2D eigenvalue weighted by molar-refractivity contribution is 0.0984. The summed E-state index contributed by atoms with van der Waals surface area (Å²) in [5, 5.41) is 0. The van der Waals surface area contributed by atoms with Crippen LogP contribution in [0.3, 0.4) is 0 Å². The van der Waals surface area contributed by atoms with E-state index in [9.17, 15) is 4.79 Å². The molecule has 0 spiro atoms. The van der Waals surface area contributed by atoms with Crippen molar-refractivity contribution in [2.75, 3.05) is 4.90 Å². The molecular weight excluding hydrogens is 298 g/mol. The minimum Gasteiger partial charge on any atom is -0.302 e. The Bertz CT molecular complexity index is 832. The zero-order valence-electron chi connectivity index (χ0n) is 13.8. The summed E-state index contributed by atoms with van der Waals surface area (Å²) in [7, 11) is 0. The van der Waals surface area contributed by atoms with Crippen LogP contribution in [0.25, 0.3) is 0 Å². The molecule has 0 aliphatic rings. The lowest BCUT2D eigenvalue weighted by Crippen LogP contribution is -2.31. The number of benzene rings is 1. The number of pyridine rings is 2. The maximum Gasteiger partial charge on any atom is 0.258 e. The van der Waals surface area contributed by atoms with E-state index in [1.807, 2.05) is 62.4 Å². The highest BCUT2D eigenvalue weighted by molar-refractivity contribution is 6.06. The number of aryl methyl sites for hydroxylation is 2. The van der Waals surface area contributed by atoms with Crippen molar-refractivity contribution in [2.24, 2.45) is 0 Å². The number of nitrogens with zero attached hydrogens (tertiary/aromatic N) is 3. The van der Waals surface area contributed by atoms with E-state index in [0.717, 1.165) is 22.5 Å². The molecule has 0 aliphatic heterocycles. The quantitative estimate of drug-likeness (QED) is 0.732. The van der Waals surface area contributed by atoms with Gasteiger partial charge in [0.1, 0.15) is 0 Å². The predicted octanol–water partition coefficient (Wildman–Crippen LogP) is 3.94. The number of aromatic nitrogens is 2. The van der Waals surface area contributed by atoms with Crippen molar-refractivity contribution in [2.45, 2.75) is 20.4 Å². The van der Waals surface area contributed by atoms with Gasteiger partial charge in [-0.25, -0.2) is 0 Å². The van der Waals surface area contributed by atoms with E-state index in [0.29, 0.717) is 12.1 Å². The molecule has 0 fully saturated rings. The van der Waals surface area contributed by atoms with Crippen molar-refractivity contribution in [1.82, 2.24) is 9.97 Å². The van der Waals surface area contributed by atoms with Gasteiger partial charge < -0.3 is 4.90 Å². The number of anilines is 1. The van der Waals surface area contributed by atoms with E-state index >= 15 is 0 Å². The van der Waals surface area contributed by atoms with Crippen LogP contribution in [-0.2, 0) is 6.54 Å². The molecule has 0 aliphatic carbocycles. The molecule has 0 N–H and O–H groups in total. The fraction of sp³-hybridized carbons (Fsp3) is 0.150. The van der Waals surface area contributed by atoms with E-state index in [2.05, 4.69) is 9.97 Å². The third kappa shape index (κ3) is 3.49. The molecule has 4 heteroatoms. The Kier molecular flexibility index (Phi) is 4.66. The first-order valence-corrected chi connectivity index (χ1v) is 7.84. The topological polar surface area (TPSA) is 46.1 Å². The maximum absolute atomic E-state index is 13.2. The third-order valence-electron chi connectivity index (χ3n) is 3.88. The van der Waals surface area contributed by atoms with Gasteiger partial charge in [0.2, 0.25) is 0 Å². The van der Waals surface area contributed by atoms with Gasteiger partial charge in [-0.2, -0.15) is 0 Å². The summed E-state index contributed by atoms with van der Waals surface area (Å²) in [6.07, 6.45) is 5.12. The van der Waals surface area contributed by atoms with Crippen molar-refractivity contribution in [1.29, 1.82) is 0 Å². The lowest BCUT2D eigenvalue weighted by Gasteiger charge is -2.23. The van der Waals surface area contributed by atoms with Crippen LogP contribution >= 0.6 is 0 Å². The lowest BCUT2D eigenvalue weighted by atomic mass is 10.0. The molecule has 2 heterocycles. The van der Waals surface area contributed by atoms with Gasteiger partial charge >= 0.3 is 0 Å². The van der Waals surface area contributed by atoms with Crippen LogP contribution in [0.15, 0.2) is 67.1 Å². The molecule has 120 valence electrons. The number of rotatable bonds is 4. The average molecular weight is 317 g/mol. The van der Waals surface area contributed by atoms with Crippen LogP contribution < -0.4 is 4.90 Å². The fourth-order valence-corrected chi connectivity index (χ4v) is 2.66. The van der Waals surface area contributed by atoms with Crippen molar-refractivity contribution in [3.8, 4) is 0 Å². The Hall–Kier alpha value is -3.01. The van der Waals surface area contributed by atoms with E-state index in [1.54, 1.807) is 23.5 Å². The number of carbonyl (C=O) groups excluding carboxylic acids is 1. The molecule has 1 aromatic carbocycles. The highest BCUT2D eigenvalue weighted by atomic mass is 16.2. The van der Waals surface area contributed by atoms with Gasteiger partial charge in [-0.05, 0) is 49.7 Å². The molecule has 0 unspecified atom stereocenters. The molecule has 0 bridgehead atoms. The number of carbonyl (C=O) groups is 1. The molecule has 3 aromatic rings. The second-order valence-electron chi connectivity index (χ2n) is 5.74. The number of amides is 1. The van der Waals surface area contributed by atoms with Crippen LogP contribution in [0, 0.1) is 13.8 Å². The zero-order valence-corrected chi connectivity index (χ0v) is 13.8. The van der Waals surface area contributed by atoms with Crippen molar-refractivity contribution in [3.05, 3.63) is 89.5 Å². The van der Waals surface area contributed by atoms with Crippen LogP contribution in [0.5, 0.6) is 0 Å². The summed E-state index contributed by atoms with van der Waals surface area (Å²) in [6, 6.07) is 15.3. The second-order valence-corrected chi connectivity index (χ2v) is 5.74. The summed E-state index contributed by atoms with van der Waals surface area (Å²) < 4.78 is 0. The Labute approximate surface area is 141 Å². The van der Waals surface area contributed by atoms with Gasteiger partial charge in [0.05, 0.1) is 12.2 Å². The van der Waals surface area contributed by atoms with Gasteiger partial charge in [0.25, 0.3) is 5.91 Å². The van der Waals surface area contributed by atoms with Crippen molar-refractivity contribution < 1.29 is 4.79 Å². The first kappa shape index (κ1) is 15.9. The van der Waals surface area contributed by atoms with Crippen LogP contribution in [0.1, 0.15) is 27.2 Å². The summed E-state index contributed by atoms with van der Waals surface area (Å²) in [6.45, 7) is 4.40. The van der Waals surface area contributed by atoms with Crippen LogP contribution in [0.2, 0.25) is 0 Å². The third-order valence-corrected chi connectivity index (χ3v) is 3.88. The molecule has 0 radical (unpaired) electrons. The van der Waals surface area contributed by atoms with Gasteiger partial charge in [-0.15, -0.1) is 0 Å². The Balaban J connectivity index is 1.99. The highest BCUT2D eigenvalue weighted by Crippen LogP contribution is 2.21. The molecular formula is C20H19N3O. The number of hydrogen-bond acceptors (Lipinski definition) is 3. The predicted molar refractivity (Wildman–Crippen MR) is 94.9 cm³/mol. The van der Waals surface area contributed by atoms with Gasteiger partial charge in [-0.3, -0.25) is 14.8 Å². The van der Waals surface area contributed by atoms with E-state index in [1.165, 1.54) is 0 Å². The first-order valence-electron chi connectivity index (χ1n) is 7.84. The van der Waals surface area contributed by atoms with E-state index in [4.69, 9.17) is 0 Å². The summed E-state index contributed by atoms with van der Waals surface area (Å²) in [5.41, 5.74) is 4.46. The average Bonchev–Trinajstić information content (AvgIpc) is 2.61. The minimum absolute atomic E-state index is 0.0376. The standard InChI is InChI=1S/C20H19N3O/c1-15-6-7-19(16(2)13-15)20(24)23(18-8-11-21-12-9-18)14-17-5-3-4-10-22-17/h3-13H,14H2,1-2H3. The zero-order chi connectivity index (χ0) is 16.9. The Morgan fingerprint density at radius 3 is 2.46 bits per heavy atom. The van der Waals surface area contributed by atoms with Gasteiger partial charge in [0.15, 0.2) is 0 Å². The monoisotopic (exact) mass is 317 g/mol. The molecule has 4 nitrogen and oxygen atoms in total. The first-order chi connectivity index (χ1) is 11.6. The molecule has 0 saturated carbocycles. The van der Waals surface area contributed by atoms with Crippen LogP contribution in [-0.4, -0.2) is 15.9 Å². The fourth-order valence-electron chi connectivity index (χ4n) is 2.66. The smallest absolute Gasteiger partial charge is 0.258 e. The van der Waals surface area contributed by atoms with Crippen LogP contribution in [0.4, 0.5) is 5.69 Å². The Morgan fingerprint density at radius 1 is 1.00 bits per heavy atom. The van der Waals surface area contributed by atoms with Crippen molar-refractivity contribution >= 4 is 11.6 Å². The minimum atomic E-state index is -0.0376. The van der Waals surface area contributed by atoms with E-state index < -0.39 is 0 Å². The molecule has 24 heavy (non-hydrogen) atoms. The summed E-state index contributed by atoms with van der Waals surface area (Å²) >= 11 is 0. The SMILES string of the molecule is Cc1ccc(C(=O)N(Cc2ccccn2)c2ccncc2)c(C)c1. The highest BCUT2D eigenvalue weighted by Gasteiger charge is 2.20. The Morgan fingerprint density at radius 2 is 1.79 bits per heavy atom. The van der Waals surface area contributed by atoms with Gasteiger partial charge in [-0.1, -0.05) is 23.8 Å². The second kappa shape index (κ2) is 7.04.